The summed E-state index contributed by atoms with van der Waals surface area (Å²) in [4.78, 5) is 15.3. The molecular formula is C11H14ClN5O. The lowest BCUT2D eigenvalue weighted by Gasteiger charge is -2.06. The first kappa shape index (κ1) is 12.8. The molecule has 7 heteroatoms. The van der Waals surface area contributed by atoms with Crippen molar-refractivity contribution in [1.29, 1.82) is 0 Å². The van der Waals surface area contributed by atoms with E-state index in [9.17, 15) is 0 Å². The van der Waals surface area contributed by atoms with Gasteiger partial charge in [-0.25, -0.2) is 15.0 Å². The standard InChI is InChI=1S/C11H14ClN5O/c1-18-6-11-16-9(12)4-10(17-11)14-3-2-8-5-13-7-15-8/h4-5,7H,2-3,6H2,1H3,(H,13,15)(H,14,16,17). The number of hydrogen-bond acceptors (Lipinski definition) is 5. The molecule has 18 heavy (non-hydrogen) atoms. The van der Waals surface area contributed by atoms with Crippen LogP contribution in [0.15, 0.2) is 18.6 Å². The maximum absolute atomic E-state index is 5.90. The first-order valence-corrected chi connectivity index (χ1v) is 5.89. The minimum absolute atomic E-state index is 0.343. The van der Waals surface area contributed by atoms with E-state index in [0.29, 0.717) is 23.4 Å². The molecule has 2 rings (SSSR count). The van der Waals surface area contributed by atoms with Gasteiger partial charge in [0, 0.05) is 38.0 Å². The van der Waals surface area contributed by atoms with E-state index in [2.05, 4.69) is 25.3 Å². The normalized spacial score (nSPS) is 10.6. The molecule has 0 aliphatic heterocycles. The molecule has 0 aliphatic rings. The molecule has 0 bridgehead atoms. The molecule has 2 aromatic rings. The molecule has 0 radical (unpaired) electrons. The third-order valence-corrected chi connectivity index (χ3v) is 2.46. The van der Waals surface area contributed by atoms with Gasteiger partial charge in [-0.05, 0) is 0 Å². The molecule has 0 aromatic carbocycles. The number of nitrogens with one attached hydrogen (secondary N) is 2. The van der Waals surface area contributed by atoms with Gasteiger partial charge in [-0.3, -0.25) is 0 Å². The summed E-state index contributed by atoms with van der Waals surface area (Å²) in [5.41, 5.74) is 1.07. The van der Waals surface area contributed by atoms with Crippen LogP contribution in [0.4, 0.5) is 5.82 Å². The Hall–Kier alpha value is -1.66. The van der Waals surface area contributed by atoms with Gasteiger partial charge in [-0.15, -0.1) is 0 Å². The van der Waals surface area contributed by atoms with Crippen LogP contribution in [0, 0.1) is 0 Å². The topological polar surface area (TPSA) is 75.7 Å². The van der Waals surface area contributed by atoms with Crippen LogP contribution >= 0.6 is 11.6 Å². The number of ether oxygens (including phenoxy) is 1. The lowest BCUT2D eigenvalue weighted by Crippen LogP contribution is -2.08. The molecule has 2 aromatic heterocycles. The highest BCUT2D eigenvalue weighted by Crippen LogP contribution is 2.12. The molecule has 96 valence electrons. The molecule has 0 spiro atoms. The summed E-state index contributed by atoms with van der Waals surface area (Å²) in [5, 5.41) is 3.59. The molecule has 2 N–H and O–H groups in total. The van der Waals surface area contributed by atoms with E-state index in [-0.39, 0.29) is 0 Å². The van der Waals surface area contributed by atoms with Gasteiger partial charge in [0.15, 0.2) is 5.82 Å². The van der Waals surface area contributed by atoms with Crippen molar-refractivity contribution < 1.29 is 4.74 Å². The fourth-order valence-electron chi connectivity index (χ4n) is 1.50. The first-order chi connectivity index (χ1) is 8.78. The van der Waals surface area contributed by atoms with Gasteiger partial charge < -0.3 is 15.0 Å². The van der Waals surface area contributed by atoms with E-state index in [1.54, 1.807) is 25.7 Å². The monoisotopic (exact) mass is 267 g/mol. The molecule has 0 aliphatic carbocycles. The predicted molar refractivity (Wildman–Crippen MR) is 68.5 cm³/mol. The molecule has 2 heterocycles. The van der Waals surface area contributed by atoms with Crippen LogP contribution in [0.25, 0.3) is 0 Å². The summed E-state index contributed by atoms with van der Waals surface area (Å²) in [6.07, 6.45) is 4.29. The highest BCUT2D eigenvalue weighted by Gasteiger charge is 2.03. The van der Waals surface area contributed by atoms with Gasteiger partial charge in [0.1, 0.15) is 17.6 Å². The van der Waals surface area contributed by atoms with Crippen LogP contribution in [-0.4, -0.2) is 33.6 Å². The van der Waals surface area contributed by atoms with Crippen molar-refractivity contribution in [1.82, 2.24) is 19.9 Å². The molecule has 0 fully saturated rings. The lowest BCUT2D eigenvalue weighted by molar-refractivity contribution is 0.178. The number of H-pyrrole nitrogens is 1. The van der Waals surface area contributed by atoms with Crippen LogP contribution in [-0.2, 0) is 17.8 Å². The van der Waals surface area contributed by atoms with Crippen molar-refractivity contribution >= 4 is 17.4 Å². The van der Waals surface area contributed by atoms with E-state index in [1.807, 2.05) is 0 Å². The Labute approximate surface area is 110 Å². The minimum atomic E-state index is 0.343. The summed E-state index contributed by atoms with van der Waals surface area (Å²) < 4.78 is 4.98. The molecule has 0 atom stereocenters. The van der Waals surface area contributed by atoms with Crippen molar-refractivity contribution in [2.45, 2.75) is 13.0 Å². The van der Waals surface area contributed by atoms with Gasteiger partial charge in [0.2, 0.25) is 0 Å². The summed E-state index contributed by atoms with van der Waals surface area (Å²) in [6.45, 7) is 1.08. The Morgan fingerprint density at radius 2 is 2.33 bits per heavy atom. The second-order valence-corrected chi connectivity index (χ2v) is 4.07. The lowest BCUT2D eigenvalue weighted by atomic mass is 10.3. The fraction of sp³-hybridized carbons (Fsp3) is 0.364. The number of hydrogen-bond donors (Lipinski definition) is 2. The number of aromatic amines is 1. The van der Waals surface area contributed by atoms with Crippen LogP contribution in [0.3, 0.4) is 0 Å². The summed E-state index contributed by atoms with van der Waals surface area (Å²) in [5.74, 6) is 1.26. The van der Waals surface area contributed by atoms with E-state index in [0.717, 1.165) is 18.7 Å². The van der Waals surface area contributed by atoms with Gasteiger partial charge in [-0.1, -0.05) is 11.6 Å². The summed E-state index contributed by atoms with van der Waals surface area (Å²) >= 11 is 5.90. The average molecular weight is 268 g/mol. The quantitative estimate of drug-likeness (QED) is 0.779. The molecule has 0 unspecified atom stereocenters. The van der Waals surface area contributed by atoms with E-state index in [4.69, 9.17) is 16.3 Å². The van der Waals surface area contributed by atoms with Gasteiger partial charge in [-0.2, -0.15) is 0 Å². The number of anilines is 1. The zero-order valence-electron chi connectivity index (χ0n) is 9.98. The Balaban J connectivity index is 1.92. The fourth-order valence-corrected chi connectivity index (χ4v) is 1.70. The third-order valence-electron chi connectivity index (χ3n) is 2.27. The molecule has 0 amide bonds. The first-order valence-electron chi connectivity index (χ1n) is 5.51. The Bertz CT molecular complexity index is 488. The van der Waals surface area contributed by atoms with E-state index < -0.39 is 0 Å². The van der Waals surface area contributed by atoms with Crippen LogP contribution in [0.5, 0.6) is 0 Å². The van der Waals surface area contributed by atoms with Gasteiger partial charge >= 0.3 is 0 Å². The zero-order chi connectivity index (χ0) is 12.8. The highest BCUT2D eigenvalue weighted by molar-refractivity contribution is 6.29. The Kier molecular flexibility index (Phi) is 4.49. The number of nitrogens with zero attached hydrogens (tertiary/aromatic N) is 3. The SMILES string of the molecule is COCc1nc(Cl)cc(NCCc2cnc[nH]2)n1. The molecule has 6 nitrogen and oxygen atoms in total. The number of aromatic nitrogens is 4. The van der Waals surface area contributed by atoms with Crippen LogP contribution in [0.2, 0.25) is 5.15 Å². The second-order valence-electron chi connectivity index (χ2n) is 3.68. The maximum atomic E-state index is 5.90. The minimum Gasteiger partial charge on any atom is -0.377 e. The maximum Gasteiger partial charge on any atom is 0.158 e. The van der Waals surface area contributed by atoms with Crippen molar-refractivity contribution in [3.63, 3.8) is 0 Å². The Morgan fingerprint density at radius 1 is 1.44 bits per heavy atom. The summed E-state index contributed by atoms with van der Waals surface area (Å²) in [7, 11) is 1.59. The van der Waals surface area contributed by atoms with Crippen molar-refractivity contribution in [2.75, 3.05) is 19.0 Å². The second kappa shape index (κ2) is 6.32. The van der Waals surface area contributed by atoms with E-state index in [1.165, 1.54) is 0 Å². The third kappa shape index (κ3) is 3.68. The predicted octanol–water partition coefficient (Wildman–Crippen LogP) is 1.65. The molecule has 0 saturated carbocycles. The summed E-state index contributed by atoms with van der Waals surface area (Å²) in [6, 6.07) is 1.69. The average Bonchev–Trinajstić information content (AvgIpc) is 2.82. The Morgan fingerprint density at radius 3 is 3.06 bits per heavy atom. The molecule has 0 saturated heterocycles. The van der Waals surface area contributed by atoms with Crippen LogP contribution in [0.1, 0.15) is 11.5 Å². The number of methoxy groups -OCH3 is 1. The zero-order valence-corrected chi connectivity index (χ0v) is 10.7. The van der Waals surface area contributed by atoms with Crippen molar-refractivity contribution in [2.24, 2.45) is 0 Å². The smallest absolute Gasteiger partial charge is 0.158 e. The number of imidazole rings is 1. The van der Waals surface area contributed by atoms with Gasteiger partial charge in [0.25, 0.3) is 0 Å². The number of halogens is 1. The number of rotatable bonds is 6. The van der Waals surface area contributed by atoms with Crippen molar-refractivity contribution in [3.8, 4) is 0 Å². The van der Waals surface area contributed by atoms with Gasteiger partial charge in [0.05, 0.1) is 6.33 Å². The highest BCUT2D eigenvalue weighted by atomic mass is 35.5. The van der Waals surface area contributed by atoms with Crippen molar-refractivity contribution in [3.05, 3.63) is 35.3 Å². The van der Waals surface area contributed by atoms with Crippen LogP contribution < -0.4 is 5.32 Å². The largest absolute Gasteiger partial charge is 0.377 e. The van der Waals surface area contributed by atoms with E-state index >= 15 is 0 Å². The molecular weight excluding hydrogens is 254 g/mol.